The van der Waals surface area contributed by atoms with E-state index in [1.807, 2.05) is 44.2 Å². The van der Waals surface area contributed by atoms with Crippen LogP contribution in [-0.2, 0) is 23.8 Å². The first-order chi connectivity index (χ1) is 15.4. The van der Waals surface area contributed by atoms with Crippen LogP contribution in [0.5, 0.6) is 0 Å². The van der Waals surface area contributed by atoms with Crippen LogP contribution < -0.4 is 0 Å². The highest BCUT2D eigenvalue weighted by Crippen LogP contribution is 2.45. The topological polar surface area (TPSA) is 102 Å². The molecule has 2 fully saturated rings. The van der Waals surface area contributed by atoms with Gasteiger partial charge in [-0.2, -0.15) is 0 Å². The van der Waals surface area contributed by atoms with E-state index < -0.39 is 47.6 Å². The fraction of sp³-hybridized carbons (Fsp3) is 0.615. The SMILES string of the molecule is CC(=O)O[C@@H]1CC[C@@](C)(O)[C@@H]2O[C@@H](C[C@@]1(C)O)[C@@H](C(C)C)[C@H]2OC(=O)C=Cc1ccccc1. The lowest BCUT2D eigenvalue weighted by Crippen LogP contribution is -2.51. The summed E-state index contributed by atoms with van der Waals surface area (Å²) < 4.78 is 17.6. The largest absolute Gasteiger partial charge is 0.460 e. The molecule has 33 heavy (non-hydrogen) atoms. The Morgan fingerprint density at radius 3 is 2.39 bits per heavy atom. The maximum Gasteiger partial charge on any atom is 0.331 e. The second-order valence-corrected chi connectivity index (χ2v) is 10.1. The summed E-state index contributed by atoms with van der Waals surface area (Å²) in [6.45, 7) is 8.58. The molecule has 0 radical (unpaired) electrons. The van der Waals surface area contributed by atoms with Crippen molar-refractivity contribution in [3.05, 3.63) is 42.0 Å². The molecule has 2 saturated heterocycles. The van der Waals surface area contributed by atoms with Gasteiger partial charge in [-0.1, -0.05) is 44.2 Å². The Morgan fingerprint density at radius 2 is 1.79 bits per heavy atom. The number of hydrogen-bond donors (Lipinski definition) is 2. The van der Waals surface area contributed by atoms with Crippen LogP contribution in [0.2, 0.25) is 0 Å². The van der Waals surface area contributed by atoms with Crippen LogP contribution in [0.25, 0.3) is 6.08 Å². The highest BCUT2D eigenvalue weighted by Gasteiger charge is 2.57. The zero-order valence-electron chi connectivity index (χ0n) is 20.1. The quantitative estimate of drug-likeness (QED) is 0.514. The summed E-state index contributed by atoms with van der Waals surface area (Å²) >= 11 is 0. The minimum absolute atomic E-state index is 0.0501. The first-order valence-electron chi connectivity index (χ1n) is 11.6. The van der Waals surface area contributed by atoms with Gasteiger partial charge in [0.05, 0.1) is 11.7 Å². The Hall–Kier alpha value is -2.22. The third-order valence-electron chi connectivity index (χ3n) is 6.80. The first-order valence-corrected chi connectivity index (χ1v) is 11.6. The summed E-state index contributed by atoms with van der Waals surface area (Å²) in [5.41, 5.74) is -1.84. The number of benzene rings is 1. The van der Waals surface area contributed by atoms with Crippen LogP contribution in [0.3, 0.4) is 0 Å². The van der Waals surface area contributed by atoms with Gasteiger partial charge in [0.25, 0.3) is 0 Å². The van der Waals surface area contributed by atoms with E-state index in [1.54, 1.807) is 19.9 Å². The van der Waals surface area contributed by atoms with Gasteiger partial charge in [0.2, 0.25) is 0 Å². The van der Waals surface area contributed by atoms with E-state index in [9.17, 15) is 19.8 Å². The molecule has 7 atom stereocenters. The standard InChI is InChI=1S/C26H36O7/c1-16(2)22-19-15-26(5,30)20(31-17(3)27)13-14-25(4,29)24(32-19)23(22)33-21(28)12-11-18-9-7-6-8-10-18/h6-12,16,19-20,22-24,29-30H,13-15H2,1-5H3/t19-,20+,22+,23+,24+,25+,26+/m0/s1. The van der Waals surface area contributed by atoms with Crippen molar-refractivity contribution in [2.45, 2.75) is 89.5 Å². The summed E-state index contributed by atoms with van der Waals surface area (Å²) in [7, 11) is 0. The van der Waals surface area contributed by atoms with Crippen molar-refractivity contribution < 1.29 is 34.0 Å². The molecule has 3 rings (SSSR count). The van der Waals surface area contributed by atoms with Crippen LogP contribution in [0.15, 0.2) is 36.4 Å². The molecule has 0 aliphatic carbocycles. The van der Waals surface area contributed by atoms with Gasteiger partial charge in [-0.15, -0.1) is 0 Å². The first kappa shape index (κ1) is 25.4. The molecule has 0 unspecified atom stereocenters. The average molecular weight is 461 g/mol. The molecule has 0 amide bonds. The van der Waals surface area contributed by atoms with Crippen molar-refractivity contribution in [3.8, 4) is 0 Å². The smallest absolute Gasteiger partial charge is 0.331 e. The van der Waals surface area contributed by atoms with Crippen molar-refractivity contribution in [2.24, 2.45) is 11.8 Å². The molecule has 1 aromatic carbocycles. The third-order valence-corrected chi connectivity index (χ3v) is 6.80. The van der Waals surface area contributed by atoms with Gasteiger partial charge in [-0.05, 0) is 44.2 Å². The Labute approximate surface area is 195 Å². The predicted molar refractivity (Wildman–Crippen MR) is 123 cm³/mol. The molecule has 1 aromatic rings. The number of carbonyl (C=O) groups is 2. The lowest BCUT2D eigenvalue weighted by atomic mass is 9.75. The molecule has 2 aliphatic heterocycles. The molecule has 2 bridgehead atoms. The molecule has 2 N–H and O–H groups in total. The van der Waals surface area contributed by atoms with Gasteiger partial charge < -0.3 is 24.4 Å². The van der Waals surface area contributed by atoms with Crippen molar-refractivity contribution in [1.29, 1.82) is 0 Å². The molecule has 7 heteroatoms. The van der Waals surface area contributed by atoms with Crippen LogP contribution >= 0.6 is 0 Å². The highest BCUT2D eigenvalue weighted by molar-refractivity contribution is 5.87. The third kappa shape index (κ3) is 6.02. The molecule has 7 nitrogen and oxygen atoms in total. The number of aliphatic hydroxyl groups is 2. The summed E-state index contributed by atoms with van der Waals surface area (Å²) in [6, 6.07) is 9.44. The monoisotopic (exact) mass is 460 g/mol. The van der Waals surface area contributed by atoms with Gasteiger partial charge >= 0.3 is 11.9 Å². The Morgan fingerprint density at radius 1 is 1.12 bits per heavy atom. The van der Waals surface area contributed by atoms with E-state index in [2.05, 4.69) is 0 Å². The zero-order chi connectivity index (χ0) is 24.4. The number of carbonyl (C=O) groups excluding carboxylic acids is 2. The fourth-order valence-electron chi connectivity index (χ4n) is 5.11. The minimum atomic E-state index is -1.36. The molecule has 0 spiro atoms. The van der Waals surface area contributed by atoms with Crippen molar-refractivity contribution in [1.82, 2.24) is 0 Å². The zero-order valence-corrected chi connectivity index (χ0v) is 20.1. The lowest BCUT2D eigenvalue weighted by molar-refractivity contribution is -0.167. The van der Waals surface area contributed by atoms with Crippen molar-refractivity contribution in [2.75, 3.05) is 0 Å². The second kappa shape index (κ2) is 9.95. The maximum absolute atomic E-state index is 12.7. The van der Waals surface area contributed by atoms with Gasteiger partial charge in [0, 0.05) is 25.3 Å². The van der Waals surface area contributed by atoms with Crippen LogP contribution in [0, 0.1) is 11.8 Å². The molecule has 2 aliphatic rings. The molecule has 0 saturated carbocycles. The highest BCUT2D eigenvalue weighted by atomic mass is 16.6. The van der Waals surface area contributed by atoms with Gasteiger partial charge in [-0.3, -0.25) is 4.79 Å². The molecular formula is C26H36O7. The van der Waals surface area contributed by atoms with E-state index in [1.165, 1.54) is 13.0 Å². The average Bonchev–Trinajstić information content (AvgIpc) is 3.08. The summed E-state index contributed by atoms with van der Waals surface area (Å²) in [6.07, 6.45) is 1.01. The van der Waals surface area contributed by atoms with E-state index in [0.29, 0.717) is 0 Å². The van der Waals surface area contributed by atoms with Crippen LogP contribution in [0.4, 0.5) is 0 Å². The van der Waals surface area contributed by atoms with E-state index >= 15 is 0 Å². The molecule has 2 heterocycles. The summed E-state index contributed by atoms with van der Waals surface area (Å²) in [4.78, 5) is 24.4. The number of fused-ring (bicyclic) bond motifs is 2. The Balaban J connectivity index is 1.87. The predicted octanol–water partition coefficient (Wildman–Crippen LogP) is 3.27. The summed E-state index contributed by atoms with van der Waals surface area (Å²) in [5.74, 6) is -1.20. The Kier molecular flexibility index (Phi) is 7.66. The maximum atomic E-state index is 12.7. The van der Waals surface area contributed by atoms with Crippen molar-refractivity contribution in [3.63, 3.8) is 0 Å². The second-order valence-electron chi connectivity index (χ2n) is 10.1. The van der Waals surface area contributed by atoms with E-state index in [0.717, 1.165) is 5.56 Å². The molecule has 0 aromatic heterocycles. The lowest BCUT2D eigenvalue weighted by Gasteiger charge is -2.38. The van der Waals surface area contributed by atoms with E-state index in [-0.39, 0.29) is 31.1 Å². The summed E-state index contributed by atoms with van der Waals surface area (Å²) in [5, 5.41) is 22.6. The Bertz CT molecular complexity index is 859. The van der Waals surface area contributed by atoms with E-state index in [4.69, 9.17) is 14.2 Å². The number of hydrogen-bond acceptors (Lipinski definition) is 7. The van der Waals surface area contributed by atoms with Gasteiger partial charge in [0.1, 0.15) is 23.9 Å². The van der Waals surface area contributed by atoms with Crippen LogP contribution in [0.1, 0.15) is 59.4 Å². The molecular weight excluding hydrogens is 424 g/mol. The minimum Gasteiger partial charge on any atom is -0.460 e. The van der Waals surface area contributed by atoms with Crippen LogP contribution in [-0.4, -0.2) is 57.8 Å². The van der Waals surface area contributed by atoms with Gasteiger partial charge in [-0.25, -0.2) is 4.79 Å². The molecule has 182 valence electrons. The number of ether oxygens (including phenoxy) is 3. The number of rotatable bonds is 5. The fourth-order valence-corrected chi connectivity index (χ4v) is 5.11. The number of esters is 2. The normalized spacial score (nSPS) is 36.8. The van der Waals surface area contributed by atoms with Gasteiger partial charge in [0.15, 0.2) is 0 Å². The van der Waals surface area contributed by atoms with Crippen molar-refractivity contribution >= 4 is 18.0 Å².